The van der Waals surface area contributed by atoms with E-state index in [-0.39, 0.29) is 42.0 Å². The van der Waals surface area contributed by atoms with Gasteiger partial charge in [-0.15, -0.1) is 0 Å². The summed E-state index contributed by atoms with van der Waals surface area (Å²) in [4.78, 5) is 39.2. The number of likely N-dealkylation sites (tertiary alicyclic amines) is 1. The van der Waals surface area contributed by atoms with Crippen LogP contribution in [0.25, 0.3) is 0 Å². The Kier molecular flexibility index (Phi) is 6.96. The second-order valence-electron chi connectivity index (χ2n) is 8.70. The molecule has 2 N–H and O–H groups in total. The monoisotopic (exact) mass is 475 g/mol. The Balaban J connectivity index is 1.35. The van der Waals surface area contributed by atoms with Crippen LogP contribution in [0.2, 0.25) is 0 Å². The third-order valence-electron chi connectivity index (χ3n) is 6.16. The molecule has 0 saturated carbocycles. The van der Waals surface area contributed by atoms with E-state index in [0.717, 1.165) is 38.8 Å². The third kappa shape index (κ3) is 5.89. The topological polar surface area (TPSA) is 128 Å². The number of hydrazone groups is 1. The van der Waals surface area contributed by atoms with Crippen molar-refractivity contribution in [3.05, 3.63) is 24.3 Å². The van der Waals surface area contributed by atoms with E-state index >= 15 is 0 Å². The molecule has 4 rings (SSSR count). The number of hydrogen-bond acceptors (Lipinski definition) is 6. The third-order valence-corrected chi connectivity index (χ3v) is 7.91. The molecule has 0 unspecified atom stereocenters. The van der Waals surface area contributed by atoms with Crippen molar-refractivity contribution in [1.29, 1.82) is 0 Å². The summed E-state index contributed by atoms with van der Waals surface area (Å²) < 4.78 is 23.5. The number of carbonyl (C=O) groups excluding carboxylic acids is 3. The van der Waals surface area contributed by atoms with Crippen LogP contribution in [0.4, 0.5) is 16.2 Å². The molecule has 0 radical (unpaired) electrons. The number of sulfone groups is 1. The lowest BCUT2D eigenvalue weighted by Crippen LogP contribution is -2.42. The second kappa shape index (κ2) is 9.90. The Labute approximate surface area is 193 Å². The smallest absolute Gasteiger partial charge is 0.321 e. The van der Waals surface area contributed by atoms with Crippen LogP contribution in [0, 0.1) is 0 Å². The van der Waals surface area contributed by atoms with Crippen LogP contribution in [0.15, 0.2) is 29.4 Å². The molecule has 1 atom stereocenters. The average Bonchev–Trinajstić information content (AvgIpc) is 2.98. The quantitative estimate of drug-likeness (QED) is 0.690. The van der Waals surface area contributed by atoms with Gasteiger partial charge < -0.3 is 15.5 Å². The van der Waals surface area contributed by atoms with Crippen LogP contribution in [0.1, 0.15) is 44.9 Å². The minimum atomic E-state index is -3.17. The van der Waals surface area contributed by atoms with Crippen LogP contribution in [0.5, 0.6) is 0 Å². The van der Waals surface area contributed by atoms with Crippen molar-refractivity contribution in [2.75, 3.05) is 35.2 Å². The molecule has 0 spiro atoms. The van der Waals surface area contributed by atoms with Crippen molar-refractivity contribution in [2.45, 2.75) is 51.0 Å². The molecule has 0 aliphatic carbocycles. The van der Waals surface area contributed by atoms with Crippen molar-refractivity contribution < 1.29 is 22.8 Å². The standard InChI is InChI=1S/C22H29N5O5S/c28-20-10-9-19(25-27(20)18-11-14-33(31,32)15-18)21(29)23-16-5-7-17(8-6-16)24-22(30)26-12-3-1-2-4-13-26/h5-8,18H,1-4,9-15H2,(H,23,29)(H,24,30)/t18-/m0/s1. The van der Waals surface area contributed by atoms with Crippen molar-refractivity contribution in [3.8, 4) is 0 Å². The number of benzene rings is 1. The lowest BCUT2D eigenvalue weighted by atomic mass is 10.1. The molecule has 0 bridgehead atoms. The van der Waals surface area contributed by atoms with Gasteiger partial charge in [0.1, 0.15) is 5.71 Å². The van der Waals surface area contributed by atoms with Gasteiger partial charge >= 0.3 is 6.03 Å². The number of nitrogens with one attached hydrogen (secondary N) is 2. The first kappa shape index (κ1) is 23.2. The number of urea groups is 1. The normalized spacial score (nSPS) is 23.0. The van der Waals surface area contributed by atoms with E-state index in [0.29, 0.717) is 17.8 Å². The van der Waals surface area contributed by atoms with Crippen LogP contribution in [-0.4, -0.2) is 72.5 Å². The van der Waals surface area contributed by atoms with Crippen LogP contribution < -0.4 is 10.6 Å². The molecule has 10 nitrogen and oxygen atoms in total. The average molecular weight is 476 g/mol. The van der Waals surface area contributed by atoms with E-state index in [1.807, 2.05) is 4.90 Å². The number of rotatable bonds is 4. The lowest BCUT2D eigenvalue weighted by Gasteiger charge is -2.27. The summed E-state index contributed by atoms with van der Waals surface area (Å²) in [5.74, 6) is -0.797. The highest BCUT2D eigenvalue weighted by Gasteiger charge is 2.37. The predicted molar refractivity (Wildman–Crippen MR) is 125 cm³/mol. The molecule has 3 heterocycles. The van der Waals surface area contributed by atoms with Gasteiger partial charge in [0, 0.05) is 37.3 Å². The first-order valence-electron chi connectivity index (χ1n) is 11.4. The summed E-state index contributed by atoms with van der Waals surface area (Å²) >= 11 is 0. The lowest BCUT2D eigenvalue weighted by molar-refractivity contribution is -0.133. The number of hydrogen-bond donors (Lipinski definition) is 2. The SMILES string of the molecule is O=C(Nc1ccc(NC(=O)N2CCCCCC2)cc1)C1=NN([C@H]2CCS(=O)(=O)C2)C(=O)CC1. The van der Waals surface area contributed by atoms with Crippen LogP contribution in [-0.2, 0) is 19.4 Å². The molecule has 33 heavy (non-hydrogen) atoms. The van der Waals surface area contributed by atoms with Gasteiger partial charge in [0.05, 0.1) is 17.5 Å². The molecule has 4 amide bonds. The molecular weight excluding hydrogens is 446 g/mol. The number of amides is 4. The largest absolute Gasteiger partial charge is 0.325 e. The number of nitrogens with zero attached hydrogens (tertiary/aromatic N) is 3. The fraction of sp³-hybridized carbons (Fsp3) is 0.545. The van der Waals surface area contributed by atoms with Gasteiger partial charge in [0.25, 0.3) is 5.91 Å². The Hall–Kier alpha value is -2.95. The molecule has 178 valence electrons. The zero-order chi connectivity index (χ0) is 23.4. The summed E-state index contributed by atoms with van der Waals surface area (Å²) in [5.41, 5.74) is 1.36. The first-order chi connectivity index (χ1) is 15.8. The second-order valence-corrected chi connectivity index (χ2v) is 10.9. The highest BCUT2D eigenvalue weighted by molar-refractivity contribution is 7.91. The minimum Gasteiger partial charge on any atom is -0.325 e. The molecule has 1 aromatic rings. The molecule has 2 saturated heterocycles. The van der Waals surface area contributed by atoms with Gasteiger partial charge in [-0.25, -0.2) is 18.2 Å². The maximum atomic E-state index is 12.7. The molecule has 11 heteroatoms. The fourth-order valence-corrected chi connectivity index (χ4v) is 6.00. The molecule has 1 aromatic carbocycles. The van der Waals surface area contributed by atoms with E-state index in [1.54, 1.807) is 24.3 Å². The highest BCUT2D eigenvalue weighted by atomic mass is 32.2. The van der Waals surface area contributed by atoms with Gasteiger partial charge in [0.2, 0.25) is 5.91 Å². The Morgan fingerprint density at radius 2 is 1.58 bits per heavy atom. The Bertz CT molecular complexity index is 1050. The van der Waals surface area contributed by atoms with Gasteiger partial charge in [-0.1, -0.05) is 12.8 Å². The highest BCUT2D eigenvalue weighted by Crippen LogP contribution is 2.23. The van der Waals surface area contributed by atoms with Crippen molar-refractivity contribution in [3.63, 3.8) is 0 Å². The summed E-state index contributed by atoms with van der Waals surface area (Å²) in [5, 5.41) is 11.0. The molecule has 3 aliphatic rings. The Morgan fingerprint density at radius 1 is 0.939 bits per heavy atom. The first-order valence-corrected chi connectivity index (χ1v) is 13.2. The molecule has 2 fully saturated rings. The van der Waals surface area contributed by atoms with Gasteiger partial charge in [-0.05, 0) is 43.5 Å². The summed E-state index contributed by atoms with van der Waals surface area (Å²) in [6, 6.07) is 6.17. The van der Waals surface area contributed by atoms with Gasteiger partial charge in [-0.3, -0.25) is 9.59 Å². The minimum absolute atomic E-state index is 0.0269. The fourth-order valence-electron chi connectivity index (χ4n) is 4.30. The molecular formula is C22H29N5O5S. The van der Waals surface area contributed by atoms with Crippen molar-refractivity contribution in [1.82, 2.24) is 9.91 Å². The molecule has 3 aliphatic heterocycles. The molecule has 0 aromatic heterocycles. The van der Waals surface area contributed by atoms with E-state index < -0.39 is 21.8 Å². The Morgan fingerprint density at radius 3 is 2.18 bits per heavy atom. The maximum Gasteiger partial charge on any atom is 0.321 e. The van der Waals surface area contributed by atoms with Crippen molar-refractivity contribution in [2.24, 2.45) is 5.10 Å². The summed E-state index contributed by atoms with van der Waals surface area (Å²) in [6.45, 7) is 1.52. The van der Waals surface area contributed by atoms with Crippen LogP contribution in [0.3, 0.4) is 0 Å². The van der Waals surface area contributed by atoms with Gasteiger partial charge in [0.15, 0.2) is 9.84 Å². The van der Waals surface area contributed by atoms with E-state index in [1.165, 1.54) is 5.01 Å². The zero-order valence-electron chi connectivity index (χ0n) is 18.5. The van der Waals surface area contributed by atoms with E-state index in [9.17, 15) is 22.8 Å². The van der Waals surface area contributed by atoms with E-state index in [4.69, 9.17) is 0 Å². The summed E-state index contributed by atoms with van der Waals surface area (Å²) in [6.07, 6.45) is 4.97. The van der Waals surface area contributed by atoms with E-state index in [2.05, 4.69) is 15.7 Å². The number of anilines is 2. The zero-order valence-corrected chi connectivity index (χ0v) is 19.3. The summed E-state index contributed by atoms with van der Waals surface area (Å²) in [7, 11) is -3.17. The van der Waals surface area contributed by atoms with Crippen LogP contribution >= 0.6 is 0 Å². The maximum absolute atomic E-state index is 12.7. The number of carbonyl (C=O) groups is 3. The van der Waals surface area contributed by atoms with Crippen molar-refractivity contribution >= 4 is 44.8 Å². The van der Waals surface area contributed by atoms with Gasteiger partial charge in [-0.2, -0.15) is 5.10 Å². The predicted octanol–water partition coefficient (Wildman–Crippen LogP) is 2.20.